The molecule has 4 nitrogen and oxygen atoms in total. The van der Waals surface area contributed by atoms with Gasteiger partial charge in [-0.1, -0.05) is 127 Å². The van der Waals surface area contributed by atoms with Crippen molar-refractivity contribution in [1.29, 1.82) is 0 Å². The number of nitrogens with zero attached hydrogens (tertiary/aromatic N) is 4. The predicted octanol–water partition coefficient (Wildman–Crippen LogP) is 12.3. The smallest absolute Gasteiger partial charge is 0.164 e. The lowest BCUT2D eigenvalue weighted by molar-refractivity contribution is 1.07. The molecule has 0 saturated carbocycles. The molecule has 0 unspecified atom stereocenters. The summed E-state index contributed by atoms with van der Waals surface area (Å²) >= 11 is 3.65. The Hall–Kier alpha value is -5.95. The number of benzene rings is 7. The maximum atomic E-state index is 4.97. The highest BCUT2D eigenvalue weighted by molar-refractivity contribution is 8.05. The Morgan fingerprint density at radius 2 is 0.784 bits per heavy atom. The monoisotopic (exact) mass is 686 g/mol. The van der Waals surface area contributed by atoms with Crippen LogP contribution in [0.3, 0.4) is 0 Å². The van der Waals surface area contributed by atoms with Gasteiger partial charge in [-0.3, -0.25) is 0 Å². The maximum absolute atomic E-state index is 4.97. The van der Waals surface area contributed by atoms with Gasteiger partial charge in [-0.2, -0.15) is 0 Å². The number of para-hydroxylation sites is 2. The molecule has 1 aliphatic rings. The Kier molecular flexibility index (Phi) is 6.38. The van der Waals surface area contributed by atoms with E-state index in [0.717, 1.165) is 16.7 Å². The minimum absolute atomic E-state index is 0.668. The van der Waals surface area contributed by atoms with Crippen LogP contribution in [0.5, 0.6) is 0 Å². The van der Waals surface area contributed by atoms with Gasteiger partial charge in [0.1, 0.15) is 0 Å². The van der Waals surface area contributed by atoms with Crippen molar-refractivity contribution in [3.63, 3.8) is 0 Å². The van der Waals surface area contributed by atoms with E-state index in [1.807, 2.05) is 84.2 Å². The van der Waals surface area contributed by atoms with Gasteiger partial charge >= 0.3 is 0 Å². The molecule has 11 rings (SSSR count). The summed E-state index contributed by atoms with van der Waals surface area (Å²) in [6.45, 7) is 0. The van der Waals surface area contributed by atoms with Crippen LogP contribution in [0.25, 0.3) is 83.4 Å². The van der Waals surface area contributed by atoms with Crippen molar-refractivity contribution in [2.24, 2.45) is 0 Å². The van der Waals surface area contributed by atoms with Crippen molar-refractivity contribution in [1.82, 2.24) is 19.4 Å². The summed E-state index contributed by atoms with van der Waals surface area (Å²) in [6.07, 6.45) is 0. The molecule has 0 spiro atoms. The van der Waals surface area contributed by atoms with Gasteiger partial charge in [0, 0.05) is 57.8 Å². The number of hydrogen-bond acceptors (Lipinski definition) is 5. The highest BCUT2D eigenvalue weighted by Gasteiger charge is 2.22. The Morgan fingerprint density at radius 1 is 0.333 bits per heavy atom. The van der Waals surface area contributed by atoms with Gasteiger partial charge in [-0.05, 0) is 65.7 Å². The van der Waals surface area contributed by atoms with Crippen LogP contribution in [0.1, 0.15) is 0 Å². The summed E-state index contributed by atoms with van der Waals surface area (Å²) in [5.74, 6) is 2.01. The zero-order valence-electron chi connectivity index (χ0n) is 27.1. The van der Waals surface area contributed by atoms with E-state index >= 15 is 0 Å². The van der Waals surface area contributed by atoms with Gasteiger partial charge in [0.25, 0.3) is 0 Å². The SMILES string of the molecule is c1ccc(-c2nc(-c3ccccc3)nc(-c3ccc4c(c3)Sc3ccc(-c5cc6c7ccccc7n7c8ccccc8c(c5)c67)cc3S4)n2)cc1. The third-order valence-corrected chi connectivity index (χ3v) is 12.3. The Labute approximate surface area is 302 Å². The first kappa shape index (κ1) is 28.8. The average Bonchev–Trinajstić information content (AvgIpc) is 3.72. The van der Waals surface area contributed by atoms with Gasteiger partial charge in [-0.25, -0.2) is 15.0 Å². The first-order valence-electron chi connectivity index (χ1n) is 16.9. The Balaban J connectivity index is 0.981. The van der Waals surface area contributed by atoms with Gasteiger partial charge in [0.15, 0.2) is 17.5 Å². The van der Waals surface area contributed by atoms with Gasteiger partial charge in [0.2, 0.25) is 0 Å². The summed E-state index contributed by atoms with van der Waals surface area (Å²) in [7, 11) is 0. The van der Waals surface area contributed by atoms with E-state index in [9.17, 15) is 0 Å². The number of aromatic nitrogens is 4. The van der Waals surface area contributed by atoms with Gasteiger partial charge in [0.05, 0.1) is 16.6 Å². The van der Waals surface area contributed by atoms with E-state index < -0.39 is 0 Å². The van der Waals surface area contributed by atoms with Crippen LogP contribution in [0.4, 0.5) is 0 Å². The zero-order valence-corrected chi connectivity index (χ0v) is 28.7. The predicted molar refractivity (Wildman–Crippen MR) is 211 cm³/mol. The molecule has 0 fully saturated rings. The fourth-order valence-electron chi connectivity index (χ4n) is 7.45. The summed E-state index contributed by atoms with van der Waals surface area (Å²) in [5.41, 5.74) is 9.20. The van der Waals surface area contributed by atoms with E-state index in [1.165, 1.54) is 68.8 Å². The lowest BCUT2D eigenvalue weighted by atomic mass is 9.99. The van der Waals surface area contributed by atoms with Crippen LogP contribution < -0.4 is 0 Å². The first-order valence-corrected chi connectivity index (χ1v) is 18.6. The minimum atomic E-state index is 0.668. The standard InChI is InChI=1S/C45H26N4S2/c1-3-11-27(12-4-1)43-46-44(28-13-5-2-6-14-28)48-45(47-43)30-20-22-39-41(26-30)51-38-21-19-29(25-40(38)50-39)31-23-34-32-15-7-9-17-36(32)49-37-18-10-8-16-33(37)35(24-31)42(34)49/h1-26H. The molecule has 4 heterocycles. The summed E-state index contributed by atoms with van der Waals surface area (Å²) < 4.78 is 2.44. The highest BCUT2D eigenvalue weighted by Crippen LogP contribution is 2.51. The molecule has 3 aromatic heterocycles. The molecule has 1 aliphatic heterocycles. The molecular formula is C45H26N4S2. The fourth-order valence-corrected chi connectivity index (χ4v) is 9.73. The molecule has 10 aromatic rings. The van der Waals surface area contributed by atoms with E-state index in [0.29, 0.717) is 17.5 Å². The molecule has 0 N–H and O–H groups in total. The molecule has 51 heavy (non-hydrogen) atoms. The second-order valence-electron chi connectivity index (χ2n) is 12.9. The van der Waals surface area contributed by atoms with Gasteiger partial charge in [-0.15, -0.1) is 0 Å². The van der Waals surface area contributed by atoms with Crippen molar-refractivity contribution in [2.45, 2.75) is 19.6 Å². The second-order valence-corrected chi connectivity index (χ2v) is 15.0. The average molecular weight is 687 g/mol. The third kappa shape index (κ3) is 4.61. The molecule has 0 radical (unpaired) electrons. The number of fused-ring (bicyclic) bond motifs is 8. The van der Waals surface area contributed by atoms with Crippen LogP contribution in [0, 0.1) is 0 Å². The summed E-state index contributed by atoms with van der Waals surface area (Å²) in [4.78, 5) is 19.8. The number of rotatable bonds is 4. The lowest BCUT2D eigenvalue weighted by Crippen LogP contribution is -2.00. The normalized spacial score (nSPS) is 12.5. The molecule has 238 valence electrons. The van der Waals surface area contributed by atoms with Gasteiger partial charge < -0.3 is 4.40 Å². The third-order valence-electron chi connectivity index (χ3n) is 9.82. The molecule has 0 atom stereocenters. The minimum Gasteiger partial charge on any atom is -0.308 e. The molecule has 0 aliphatic carbocycles. The summed E-state index contributed by atoms with van der Waals surface area (Å²) in [5, 5.41) is 5.19. The molecular weight excluding hydrogens is 661 g/mol. The van der Waals surface area contributed by atoms with Crippen molar-refractivity contribution < 1.29 is 0 Å². The fraction of sp³-hybridized carbons (Fsp3) is 0. The maximum Gasteiger partial charge on any atom is 0.164 e. The molecule has 0 amide bonds. The zero-order chi connectivity index (χ0) is 33.5. The van der Waals surface area contributed by atoms with E-state index in [1.54, 1.807) is 0 Å². The van der Waals surface area contributed by atoms with E-state index in [4.69, 9.17) is 15.0 Å². The van der Waals surface area contributed by atoms with Crippen molar-refractivity contribution in [3.05, 3.63) is 158 Å². The van der Waals surface area contributed by atoms with E-state index in [2.05, 4.69) is 101 Å². The first-order chi connectivity index (χ1) is 25.2. The second kappa shape index (κ2) is 11.3. The largest absolute Gasteiger partial charge is 0.308 e. The van der Waals surface area contributed by atoms with Crippen LogP contribution in [-0.4, -0.2) is 19.4 Å². The number of hydrogen-bond donors (Lipinski definition) is 0. The molecule has 6 heteroatoms. The van der Waals surface area contributed by atoms with Crippen LogP contribution in [0.15, 0.2) is 177 Å². The van der Waals surface area contributed by atoms with Crippen LogP contribution in [-0.2, 0) is 0 Å². The molecule has 0 saturated heterocycles. The Bertz CT molecular complexity index is 2830. The molecule has 7 aromatic carbocycles. The lowest BCUT2D eigenvalue weighted by Gasteiger charge is -2.20. The van der Waals surface area contributed by atoms with Crippen LogP contribution >= 0.6 is 23.5 Å². The topological polar surface area (TPSA) is 43.1 Å². The van der Waals surface area contributed by atoms with Crippen molar-refractivity contribution in [3.8, 4) is 45.3 Å². The van der Waals surface area contributed by atoms with Crippen molar-refractivity contribution in [2.75, 3.05) is 0 Å². The quantitative estimate of drug-likeness (QED) is 0.184. The van der Waals surface area contributed by atoms with Crippen molar-refractivity contribution >= 4 is 61.6 Å². The van der Waals surface area contributed by atoms with E-state index in [-0.39, 0.29) is 0 Å². The summed E-state index contributed by atoms with van der Waals surface area (Å²) in [6, 6.07) is 56.1. The highest BCUT2D eigenvalue weighted by atomic mass is 32.2. The Morgan fingerprint density at radius 3 is 1.33 bits per heavy atom. The van der Waals surface area contributed by atoms with Crippen LogP contribution in [0.2, 0.25) is 0 Å². The molecule has 0 bridgehead atoms.